The van der Waals surface area contributed by atoms with Crippen LogP contribution in [0, 0.1) is 0 Å². The largest absolute Gasteiger partial charge is 0.369 e. The molecular formula is C15H24BrN3S2. The summed E-state index contributed by atoms with van der Waals surface area (Å²) in [5.41, 5.74) is 1.09. The molecule has 3 nitrogen and oxygen atoms in total. The van der Waals surface area contributed by atoms with Crippen LogP contribution in [0.25, 0.3) is 0 Å². The summed E-state index contributed by atoms with van der Waals surface area (Å²) in [6, 6.07) is 0. The van der Waals surface area contributed by atoms with Gasteiger partial charge in [0.25, 0.3) is 0 Å². The molecule has 21 heavy (non-hydrogen) atoms. The quantitative estimate of drug-likeness (QED) is 0.796. The molecule has 1 aliphatic heterocycles. The average molecular weight is 390 g/mol. The number of nitrogens with one attached hydrogen (secondary N) is 1. The Morgan fingerprint density at radius 1 is 1.24 bits per heavy atom. The van der Waals surface area contributed by atoms with Crippen molar-refractivity contribution in [3.05, 3.63) is 16.0 Å². The fourth-order valence-electron chi connectivity index (χ4n) is 2.29. The molecule has 2 heterocycles. The average Bonchev–Trinajstić information content (AvgIpc) is 2.41. The van der Waals surface area contributed by atoms with Gasteiger partial charge in [0.05, 0.1) is 15.4 Å². The van der Waals surface area contributed by atoms with E-state index in [1.54, 1.807) is 0 Å². The van der Waals surface area contributed by atoms with Gasteiger partial charge in [-0.2, -0.15) is 11.8 Å². The van der Waals surface area contributed by atoms with Crippen LogP contribution in [0.3, 0.4) is 0 Å². The zero-order chi connectivity index (χ0) is 15.6. The second-order valence-electron chi connectivity index (χ2n) is 6.24. The highest BCUT2D eigenvalue weighted by Crippen LogP contribution is 2.43. The van der Waals surface area contributed by atoms with Crippen LogP contribution in [-0.2, 0) is 5.41 Å². The Morgan fingerprint density at radius 2 is 1.90 bits per heavy atom. The Balaban J connectivity index is 2.48. The van der Waals surface area contributed by atoms with Gasteiger partial charge in [0.15, 0.2) is 0 Å². The number of halogens is 1. The van der Waals surface area contributed by atoms with Crippen molar-refractivity contribution < 1.29 is 0 Å². The van der Waals surface area contributed by atoms with Crippen molar-refractivity contribution in [2.45, 2.75) is 50.5 Å². The maximum Gasteiger partial charge on any atom is 0.145 e. The number of hydrogen-bond donors (Lipinski definition) is 1. The predicted octanol–water partition coefficient (Wildman–Crippen LogP) is 4.88. The van der Waals surface area contributed by atoms with Crippen LogP contribution in [0.4, 0.5) is 5.82 Å². The maximum absolute atomic E-state index is 4.93. The SMILES string of the molecule is CCNc1nc(C2SCCSC2C)nc(C(C)(C)C)c1Br. The minimum absolute atomic E-state index is 0.00356. The van der Waals surface area contributed by atoms with Crippen LogP contribution in [0.2, 0.25) is 0 Å². The van der Waals surface area contributed by atoms with E-state index < -0.39 is 0 Å². The van der Waals surface area contributed by atoms with Gasteiger partial charge in [-0.05, 0) is 22.9 Å². The lowest BCUT2D eigenvalue weighted by molar-refractivity contribution is 0.557. The molecule has 1 N–H and O–H groups in total. The third kappa shape index (κ3) is 4.08. The lowest BCUT2D eigenvalue weighted by Gasteiger charge is -2.29. The molecule has 1 aromatic heterocycles. The zero-order valence-electron chi connectivity index (χ0n) is 13.4. The molecule has 1 fully saturated rings. The summed E-state index contributed by atoms with van der Waals surface area (Å²) in [6.45, 7) is 11.8. The van der Waals surface area contributed by atoms with Crippen molar-refractivity contribution in [3.8, 4) is 0 Å². The van der Waals surface area contributed by atoms with E-state index in [4.69, 9.17) is 9.97 Å². The van der Waals surface area contributed by atoms with Crippen LogP contribution in [0.15, 0.2) is 4.47 Å². The summed E-state index contributed by atoms with van der Waals surface area (Å²) in [5, 5.41) is 4.32. The van der Waals surface area contributed by atoms with Crippen LogP contribution in [0.1, 0.15) is 51.4 Å². The van der Waals surface area contributed by atoms with Gasteiger partial charge in [0, 0.05) is 28.7 Å². The molecular weight excluding hydrogens is 366 g/mol. The summed E-state index contributed by atoms with van der Waals surface area (Å²) in [4.78, 5) is 9.74. The number of anilines is 1. The topological polar surface area (TPSA) is 37.8 Å². The molecule has 0 radical (unpaired) electrons. The van der Waals surface area contributed by atoms with Crippen molar-refractivity contribution in [2.24, 2.45) is 0 Å². The van der Waals surface area contributed by atoms with Gasteiger partial charge in [0.2, 0.25) is 0 Å². The van der Waals surface area contributed by atoms with Crippen LogP contribution in [-0.4, -0.2) is 33.3 Å². The van der Waals surface area contributed by atoms with E-state index in [0.29, 0.717) is 10.5 Å². The van der Waals surface area contributed by atoms with Crippen LogP contribution < -0.4 is 5.32 Å². The first-order chi connectivity index (χ1) is 9.84. The first kappa shape index (κ1) is 17.4. The summed E-state index contributed by atoms with van der Waals surface area (Å²) < 4.78 is 1.00. The van der Waals surface area contributed by atoms with Gasteiger partial charge in [-0.3, -0.25) is 0 Å². The third-order valence-electron chi connectivity index (χ3n) is 3.37. The highest BCUT2D eigenvalue weighted by Gasteiger charge is 2.30. The molecule has 0 spiro atoms. The molecule has 0 saturated carbocycles. The number of hydrogen-bond acceptors (Lipinski definition) is 5. The maximum atomic E-state index is 4.93. The molecule has 1 aliphatic rings. The highest BCUT2D eigenvalue weighted by atomic mass is 79.9. The van der Waals surface area contributed by atoms with Gasteiger partial charge in [-0.15, -0.1) is 11.8 Å². The van der Waals surface area contributed by atoms with Crippen molar-refractivity contribution in [1.29, 1.82) is 0 Å². The minimum Gasteiger partial charge on any atom is -0.369 e. The number of thioether (sulfide) groups is 2. The van der Waals surface area contributed by atoms with E-state index in [0.717, 1.165) is 28.4 Å². The molecule has 118 valence electrons. The number of aromatic nitrogens is 2. The second-order valence-corrected chi connectivity index (χ2v) is 9.77. The summed E-state index contributed by atoms with van der Waals surface area (Å²) in [5.74, 6) is 4.31. The minimum atomic E-state index is -0.00356. The Morgan fingerprint density at radius 3 is 2.48 bits per heavy atom. The van der Waals surface area contributed by atoms with E-state index in [2.05, 4.69) is 55.9 Å². The third-order valence-corrected chi connectivity index (χ3v) is 7.20. The molecule has 0 aliphatic carbocycles. The van der Waals surface area contributed by atoms with Crippen molar-refractivity contribution >= 4 is 45.3 Å². The number of nitrogens with zero attached hydrogens (tertiary/aromatic N) is 2. The lowest BCUT2D eigenvalue weighted by atomic mass is 9.91. The van der Waals surface area contributed by atoms with Crippen molar-refractivity contribution in [2.75, 3.05) is 23.4 Å². The molecule has 0 amide bonds. The second kappa shape index (κ2) is 7.09. The van der Waals surface area contributed by atoms with Gasteiger partial charge in [0.1, 0.15) is 11.6 Å². The molecule has 1 saturated heterocycles. The predicted molar refractivity (Wildman–Crippen MR) is 99.7 cm³/mol. The molecule has 0 aromatic carbocycles. The van der Waals surface area contributed by atoms with Crippen LogP contribution in [0.5, 0.6) is 0 Å². The molecule has 0 bridgehead atoms. The molecule has 2 rings (SSSR count). The molecule has 2 atom stereocenters. The van der Waals surface area contributed by atoms with E-state index in [-0.39, 0.29) is 5.41 Å². The zero-order valence-corrected chi connectivity index (χ0v) is 16.6. The van der Waals surface area contributed by atoms with E-state index in [1.807, 2.05) is 23.5 Å². The van der Waals surface area contributed by atoms with Gasteiger partial charge < -0.3 is 5.32 Å². The smallest absolute Gasteiger partial charge is 0.145 e. The van der Waals surface area contributed by atoms with Crippen molar-refractivity contribution in [1.82, 2.24) is 9.97 Å². The summed E-state index contributed by atoms with van der Waals surface area (Å²) in [6.07, 6.45) is 0. The fraction of sp³-hybridized carbons (Fsp3) is 0.733. The highest BCUT2D eigenvalue weighted by molar-refractivity contribution is 9.10. The monoisotopic (exact) mass is 389 g/mol. The van der Waals surface area contributed by atoms with E-state index in [1.165, 1.54) is 11.5 Å². The lowest BCUT2D eigenvalue weighted by Crippen LogP contribution is -2.23. The first-order valence-electron chi connectivity index (χ1n) is 7.39. The standard InChI is InChI=1S/C15H24BrN3S2/c1-6-17-13-10(16)12(15(3,4)5)18-14(19-13)11-9(2)20-7-8-21-11/h9,11H,6-8H2,1-5H3,(H,17,18,19). The normalized spacial score (nSPS) is 23.1. The Labute approximate surface area is 145 Å². The Hall–Kier alpha value is 0.0600. The first-order valence-corrected chi connectivity index (χ1v) is 10.3. The Bertz CT molecular complexity index is 502. The number of rotatable bonds is 3. The Kier molecular flexibility index (Phi) is 5.88. The van der Waals surface area contributed by atoms with E-state index in [9.17, 15) is 0 Å². The summed E-state index contributed by atoms with van der Waals surface area (Å²) >= 11 is 7.70. The van der Waals surface area contributed by atoms with Gasteiger partial charge in [-0.1, -0.05) is 27.7 Å². The van der Waals surface area contributed by atoms with Gasteiger partial charge >= 0.3 is 0 Å². The van der Waals surface area contributed by atoms with E-state index >= 15 is 0 Å². The van der Waals surface area contributed by atoms with Crippen LogP contribution >= 0.6 is 39.5 Å². The van der Waals surface area contributed by atoms with Crippen molar-refractivity contribution in [3.63, 3.8) is 0 Å². The molecule has 1 aromatic rings. The molecule has 2 unspecified atom stereocenters. The fourth-order valence-corrected chi connectivity index (χ4v) is 5.89. The summed E-state index contributed by atoms with van der Waals surface area (Å²) in [7, 11) is 0. The molecule has 6 heteroatoms. The van der Waals surface area contributed by atoms with Gasteiger partial charge in [-0.25, -0.2) is 9.97 Å².